The van der Waals surface area contributed by atoms with Gasteiger partial charge in [0.25, 0.3) is 5.91 Å². The van der Waals surface area contributed by atoms with Gasteiger partial charge in [-0.2, -0.15) is 10.1 Å². The van der Waals surface area contributed by atoms with Crippen molar-refractivity contribution in [1.82, 2.24) is 34.4 Å². The van der Waals surface area contributed by atoms with Crippen molar-refractivity contribution in [3.8, 4) is 17.0 Å². The Hall–Kier alpha value is -3.84. The van der Waals surface area contributed by atoms with Gasteiger partial charge >= 0.3 is 0 Å². The van der Waals surface area contributed by atoms with Crippen LogP contribution in [0.25, 0.3) is 22.2 Å². The van der Waals surface area contributed by atoms with E-state index in [-0.39, 0.29) is 29.3 Å². The summed E-state index contributed by atoms with van der Waals surface area (Å²) in [6, 6.07) is 3.16. The number of carbonyl (C=O) groups excluding carboxylic acids is 1. The Morgan fingerprint density at radius 3 is 2.84 bits per heavy atom. The number of nitrogens with one attached hydrogen (secondary N) is 2. The largest absolute Gasteiger partial charge is 0.479 e. The summed E-state index contributed by atoms with van der Waals surface area (Å²) in [7, 11) is 2.96. The molecule has 13 heteroatoms. The fourth-order valence-corrected chi connectivity index (χ4v) is 4.97. The molecule has 0 aromatic carbocycles. The van der Waals surface area contributed by atoms with Crippen LogP contribution >= 0.6 is 0 Å². The molecule has 0 unspecified atom stereocenters. The number of fused-ring (bicyclic) bond motifs is 2. The first kappa shape index (κ1) is 23.6. The van der Waals surface area contributed by atoms with Crippen LogP contribution in [0.15, 0.2) is 30.7 Å². The molecule has 37 heavy (non-hydrogen) atoms. The van der Waals surface area contributed by atoms with E-state index in [4.69, 9.17) is 9.47 Å². The van der Waals surface area contributed by atoms with Gasteiger partial charge in [0.15, 0.2) is 5.82 Å². The summed E-state index contributed by atoms with van der Waals surface area (Å²) < 4.78 is 43.9. The summed E-state index contributed by atoms with van der Waals surface area (Å²) >= 11 is 0. The van der Waals surface area contributed by atoms with Gasteiger partial charge in [0.05, 0.1) is 61.4 Å². The summed E-state index contributed by atoms with van der Waals surface area (Å²) in [6.45, 7) is 2.33. The summed E-state index contributed by atoms with van der Waals surface area (Å²) in [5, 5.41) is 14.2. The molecule has 2 N–H and O–H groups in total. The minimum absolute atomic E-state index is 0.135. The van der Waals surface area contributed by atoms with E-state index in [1.807, 2.05) is 0 Å². The zero-order valence-electron chi connectivity index (χ0n) is 20.3. The summed E-state index contributed by atoms with van der Waals surface area (Å²) in [4.78, 5) is 18.8. The van der Waals surface area contributed by atoms with Crippen molar-refractivity contribution in [2.75, 3.05) is 45.8 Å². The fourth-order valence-electron chi connectivity index (χ4n) is 4.97. The van der Waals surface area contributed by atoms with E-state index >= 15 is 4.39 Å². The Bertz CT molecular complexity index is 1480. The van der Waals surface area contributed by atoms with Gasteiger partial charge in [-0.05, 0) is 24.1 Å². The van der Waals surface area contributed by atoms with Crippen LogP contribution in [0.1, 0.15) is 16.8 Å². The number of piperidine rings is 1. The molecule has 2 aliphatic rings. The van der Waals surface area contributed by atoms with Crippen LogP contribution in [0.5, 0.6) is 5.88 Å². The lowest BCUT2D eigenvalue weighted by molar-refractivity contribution is -0.0794. The highest BCUT2D eigenvalue weighted by atomic mass is 19.1. The van der Waals surface area contributed by atoms with Crippen LogP contribution in [-0.2, 0) is 4.74 Å². The number of amides is 1. The van der Waals surface area contributed by atoms with Gasteiger partial charge in [0.1, 0.15) is 11.7 Å². The van der Waals surface area contributed by atoms with Crippen LogP contribution in [-0.4, -0.2) is 93.7 Å². The molecule has 0 radical (unpaired) electrons. The molecule has 6 heterocycles. The van der Waals surface area contributed by atoms with E-state index in [2.05, 4.69) is 30.7 Å². The standard InChI is InChI=1S/C24H26F2N8O3/c1-27-22(35)15-8-28-33-6-3-13(7-19(15)33)20-17(26)10-34-21(20)23(36-2)30-24(31-34)29-18-4-5-32(9-16(18)25)14-11-37-12-14/h3,6-8,10,14,16,18H,4-5,9,11-12H2,1-2H3,(H,27,35)(H,29,31)/t16-,18-/m0/s1. The number of ether oxygens (including phenoxy) is 2. The van der Waals surface area contributed by atoms with Gasteiger partial charge in [-0.3, -0.25) is 9.69 Å². The van der Waals surface area contributed by atoms with E-state index in [9.17, 15) is 9.18 Å². The Balaban J connectivity index is 1.33. The highest BCUT2D eigenvalue weighted by molar-refractivity contribution is 6.01. The van der Waals surface area contributed by atoms with Crippen LogP contribution in [0.3, 0.4) is 0 Å². The SMILES string of the molecule is CNC(=O)c1cnn2ccc(-c3c(F)cn4nc(N[C@H]5CCN(C6COC6)C[C@@H]5F)nc(OC)c34)cc12. The minimum atomic E-state index is -1.12. The number of likely N-dealkylation sites (tertiary alicyclic amines) is 1. The molecule has 11 nitrogen and oxygen atoms in total. The van der Waals surface area contributed by atoms with Gasteiger partial charge in [-0.15, -0.1) is 5.10 Å². The summed E-state index contributed by atoms with van der Waals surface area (Å²) in [5.74, 6) is -0.568. The predicted octanol–water partition coefficient (Wildman–Crippen LogP) is 1.77. The first-order valence-electron chi connectivity index (χ1n) is 12.0. The molecule has 2 aliphatic heterocycles. The first-order chi connectivity index (χ1) is 18.0. The van der Waals surface area contributed by atoms with Gasteiger partial charge < -0.3 is 20.1 Å². The van der Waals surface area contributed by atoms with Crippen LogP contribution in [0, 0.1) is 5.82 Å². The number of alkyl halides is 1. The van der Waals surface area contributed by atoms with E-state index in [0.717, 1.165) is 6.54 Å². The third kappa shape index (κ3) is 4.03. The van der Waals surface area contributed by atoms with Crippen LogP contribution < -0.4 is 15.4 Å². The second-order valence-electron chi connectivity index (χ2n) is 9.21. The Morgan fingerprint density at radius 2 is 2.14 bits per heavy atom. The van der Waals surface area contributed by atoms with Crippen LogP contribution in [0.2, 0.25) is 0 Å². The normalized spacial score (nSPS) is 20.8. The molecule has 4 aromatic heterocycles. The van der Waals surface area contributed by atoms with E-state index in [1.54, 1.807) is 18.3 Å². The number of nitrogens with zero attached hydrogens (tertiary/aromatic N) is 6. The summed E-state index contributed by atoms with van der Waals surface area (Å²) in [5.41, 5.74) is 1.90. The number of methoxy groups -OCH3 is 1. The average molecular weight is 513 g/mol. The predicted molar refractivity (Wildman–Crippen MR) is 130 cm³/mol. The van der Waals surface area contributed by atoms with Crippen molar-refractivity contribution >= 4 is 22.9 Å². The molecule has 1 amide bonds. The zero-order chi connectivity index (χ0) is 25.7. The van der Waals surface area contributed by atoms with Gasteiger partial charge in [0.2, 0.25) is 11.8 Å². The quantitative estimate of drug-likeness (QED) is 0.402. The molecule has 2 saturated heterocycles. The number of aromatic nitrogens is 5. The molecule has 194 valence electrons. The van der Waals surface area contributed by atoms with Gasteiger partial charge in [-0.25, -0.2) is 17.8 Å². The number of hydrogen-bond donors (Lipinski definition) is 2. The zero-order valence-corrected chi connectivity index (χ0v) is 20.3. The highest BCUT2D eigenvalue weighted by Gasteiger charge is 2.36. The lowest BCUT2D eigenvalue weighted by atomic mass is 10.0. The number of pyridine rings is 1. The van der Waals surface area contributed by atoms with Gasteiger partial charge in [-0.1, -0.05) is 0 Å². The van der Waals surface area contributed by atoms with Crippen molar-refractivity contribution in [3.63, 3.8) is 0 Å². The van der Waals surface area contributed by atoms with Crippen molar-refractivity contribution in [2.45, 2.75) is 24.7 Å². The maximum absolute atomic E-state index is 15.3. The molecule has 4 aromatic rings. The Labute approximate surface area is 210 Å². The topological polar surface area (TPSA) is 110 Å². The third-order valence-electron chi connectivity index (χ3n) is 7.05. The van der Waals surface area contributed by atoms with Crippen molar-refractivity contribution in [2.24, 2.45) is 0 Å². The molecule has 0 aliphatic carbocycles. The maximum atomic E-state index is 15.3. The molecule has 0 saturated carbocycles. The third-order valence-corrected chi connectivity index (χ3v) is 7.05. The molecular formula is C24H26F2N8O3. The van der Waals surface area contributed by atoms with E-state index in [1.165, 1.54) is 35.6 Å². The van der Waals surface area contributed by atoms with E-state index in [0.29, 0.717) is 48.3 Å². The smallest absolute Gasteiger partial charge is 0.254 e. The van der Waals surface area contributed by atoms with Gasteiger partial charge in [0, 0.05) is 26.3 Å². The fraction of sp³-hybridized carbons (Fsp3) is 0.417. The average Bonchev–Trinajstić information content (AvgIpc) is 3.43. The molecular weight excluding hydrogens is 486 g/mol. The van der Waals surface area contributed by atoms with Crippen LogP contribution in [0.4, 0.5) is 14.7 Å². The van der Waals surface area contributed by atoms with E-state index < -0.39 is 18.0 Å². The second-order valence-corrected chi connectivity index (χ2v) is 9.21. The summed E-state index contributed by atoms with van der Waals surface area (Å²) in [6.07, 6.45) is 3.79. The maximum Gasteiger partial charge on any atom is 0.254 e. The van der Waals surface area contributed by atoms with Crippen molar-refractivity contribution in [1.29, 1.82) is 0 Å². The lowest BCUT2D eigenvalue weighted by Gasteiger charge is -2.42. The molecule has 2 fully saturated rings. The lowest BCUT2D eigenvalue weighted by Crippen LogP contribution is -2.57. The Morgan fingerprint density at radius 1 is 1.30 bits per heavy atom. The molecule has 0 bridgehead atoms. The number of hydrogen-bond acceptors (Lipinski definition) is 8. The number of anilines is 1. The second kappa shape index (κ2) is 9.23. The number of halogens is 2. The molecule has 6 rings (SSSR count). The van der Waals surface area contributed by atoms with Crippen molar-refractivity contribution in [3.05, 3.63) is 42.1 Å². The molecule has 2 atom stereocenters. The monoisotopic (exact) mass is 512 g/mol. The number of rotatable bonds is 6. The number of carbonyl (C=O) groups is 1. The Kier molecular flexibility index (Phi) is 5.88. The highest BCUT2D eigenvalue weighted by Crippen LogP contribution is 2.35. The first-order valence-corrected chi connectivity index (χ1v) is 12.0. The minimum Gasteiger partial charge on any atom is -0.479 e. The van der Waals surface area contributed by atoms with Crippen molar-refractivity contribution < 1.29 is 23.0 Å². The molecule has 0 spiro atoms.